The molecular formula is C10H16N4. The smallest absolute Gasteiger partial charge is 0.131 e. The zero-order chi connectivity index (χ0) is 9.80. The number of anilines is 2. The molecule has 0 atom stereocenters. The second-order valence-corrected chi connectivity index (χ2v) is 3.84. The normalized spacial score (nSPS) is 16.3. The van der Waals surface area contributed by atoms with Gasteiger partial charge < -0.3 is 11.1 Å². The van der Waals surface area contributed by atoms with E-state index < -0.39 is 0 Å². The van der Waals surface area contributed by atoms with Crippen molar-refractivity contribution >= 4 is 11.6 Å². The van der Waals surface area contributed by atoms with E-state index >= 15 is 0 Å². The molecule has 1 aliphatic rings. The fourth-order valence-corrected chi connectivity index (χ4v) is 1.65. The topological polar surface area (TPSA) is 63.8 Å². The van der Waals surface area contributed by atoms with Gasteiger partial charge in [0.25, 0.3) is 0 Å². The van der Waals surface area contributed by atoms with Crippen molar-refractivity contribution in [2.45, 2.75) is 25.7 Å². The molecule has 1 heterocycles. The monoisotopic (exact) mass is 192 g/mol. The maximum Gasteiger partial charge on any atom is 0.131 e. The van der Waals surface area contributed by atoms with Crippen LogP contribution in [-0.2, 0) is 0 Å². The molecule has 1 aromatic heterocycles. The molecule has 14 heavy (non-hydrogen) atoms. The van der Waals surface area contributed by atoms with Gasteiger partial charge >= 0.3 is 0 Å². The predicted octanol–water partition coefficient (Wildman–Crippen LogP) is 1.66. The Kier molecular flexibility index (Phi) is 2.81. The van der Waals surface area contributed by atoms with Gasteiger partial charge in [0.05, 0.1) is 0 Å². The molecule has 3 N–H and O–H groups in total. The molecule has 0 spiro atoms. The van der Waals surface area contributed by atoms with Crippen molar-refractivity contribution in [2.24, 2.45) is 5.92 Å². The summed E-state index contributed by atoms with van der Waals surface area (Å²) in [6.07, 6.45) is 6.93. The van der Waals surface area contributed by atoms with Gasteiger partial charge in [-0.05, 0) is 12.3 Å². The van der Waals surface area contributed by atoms with Crippen LogP contribution >= 0.6 is 0 Å². The largest absolute Gasteiger partial charge is 0.384 e. The van der Waals surface area contributed by atoms with Crippen molar-refractivity contribution in [1.82, 2.24) is 9.97 Å². The molecule has 0 radical (unpaired) electrons. The van der Waals surface area contributed by atoms with Gasteiger partial charge in [0, 0.05) is 12.6 Å². The Morgan fingerprint density at radius 2 is 2.29 bits per heavy atom. The Labute approximate surface area is 83.9 Å². The lowest BCUT2D eigenvalue weighted by Gasteiger charge is -2.25. The van der Waals surface area contributed by atoms with E-state index in [1.54, 1.807) is 6.07 Å². The molecule has 4 heteroatoms. The summed E-state index contributed by atoms with van der Waals surface area (Å²) in [4.78, 5) is 7.92. The number of aromatic nitrogens is 2. The summed E-state index contributed by atoms with van der Waals surface area (Å²) in [6.45, 7) is 0.987. The number of nitrogens with one attached hydrogen (secondary N) is 1. The standard InChI is InChI=1S/C10H16N4/c11-9-6-10(14-7-13-9)12-5-4-8-2-1-3-8/h6-8H,1-5H2,(H3,11,12,13,14). The molecular weight excluding hydrogens is 176 g/mol. The van der Waals surface area contributed by atoms with E-state index in [2.05, 4.69) is 15.3 Å². The van der Waals surface area contributed by atoms with E-state index in [-0.39, 0.29) is 0 Å². The minimum atomic E-state index is 0.520. The van der Waals surface area contributed by atoms with Gasteiger partial charge in [0.2, 0.25) is 0 Å². The van der Waals surface area contributed by atoms with E-state index in [1.165, 1.54) is 32.0 Å². The molecule has 0 saturated heterocycles. The Morgan fingerprint density at radius 1 is 1.43 bits per heavy atom. The van der Waals surface area contributed by atoms with Crippen LogP contribution in [0.1, 0.15) is 25.7 Å². The number of nitrogens with zero attached hydrogens (tertiary/aromatic N) is 2. The van der Waals surface area contributed by atoms with Gasteiger partial charge in [-0.3, -0.25) is 0 Å². The van der Waals surface area contributed by atoms with Gasteiger partial charge in [-0.15, -0.1) is 0 Å². The first-order valence-electron chi connectivity index (χ1n) is 5.16. The summed E-state index contributed by atoms with van der Waals surface area (Å²) in [7, 11) is 0. The number of rotatable bonds is 4. The highest BCUT2D eigenvalue weighted by molar-refractivity contribution is 5.43. The second kappa shape index (κ2) is 4.26. The van der Waals surface area contributed by atoms with Crippen LogP contribution in [0.2, 0.25) is 0 Å². The molecule has 76 valence electrons. The highest BCUT2D eigenvalue weighted by Gasteiger charge is 2.16. The van der Waals surface area contributed by atoms with Crippen LogP contribution in [0.4, 0.5) is 11.6 Å². The van der Waals surface area contributed by atoms with Gasteiger partial charge in [0.15, 0.2) is 0 Å². The fourth-order valence-electron chi connectivity index (χ4n) is 1.65. The van der Waals surface area contributed by atoms with Crippen LogP contribution in [0.15, 0.2) is 12.4 Å². The molecule has 4 nitrogen and oxygen atoms in total. The molecule has 1 aliphatic carbocycles. The average Bonchev–Trinajstić information content (AvgIpc) is 2.09. The summed E-state index contributed by atoms with van der Waals surface area (Å²) in [5, 5.41) is 3.25. The third-order valence-electron chi connectivity index (χ3n) is 2.77. The van der Waals surface area contributed by atoms with E-state index in [0.717, 1.165) is 18.3 Å². The molecule has 0 bridgehead atoms. The Bertz CT molecular complexity index is 296. The lowest BCUT2D eigenvalue weighted by molar-refractivity contribution is 0.303. The van der Waals surface area contributed by atoms with E-state index in [9.17, 15) is 0 Å². The van der Waals surface area contributed by atoms with Crippen molar-refractivity contribution < 1.29 is 0 Å². The first-order chi connectivity index (χ1) is 6.84. The molecule has 1 saturated carbocycles. The zero-order valence-corrected chi connectivity index (χ0v) is 8.24. The first-order valence-corrected chi connectivity index (χ1v) is 5.16. The lowest BCUT2D eigenvalue weighted by atomic mass is 9.83. The predicted molar refractivity (Wildman–Crippen MR) is 56.9 cm³/mol. The minimum Gasteiger partial charge on any atom is -0.384 e. The van der Waals surface area contributed by atoms with Crippen LogP contribution < -0.4 is 11.1 Å². The maximum absolute atomic E-state index is 5.54. The number of hydrogen-bond acceptors (Lipinski definition) is 4. The molecule has 0 amide bonds. The van der Waals surface area contributed by atoms with Gasteiger partial charge in [-0.1, -0.05) is 19.3 Å². The van der Waals surface area contributed by atoms with E-state index in [4.69, 9.17) is 5.73 Å². The van der Waals surface area contributed by atoms with Crippen molar-refractivity contribution in [3.8, 4) is 0 Å². The van der Waals surface area contributed by atoms with E-state index in [0.29, 0.717) is 5.82 Å². The highest BCUT2D eigenvalue weighted by atomic mass is 15.0. The SMILES string of the molecule is Nc1cc(NCCC2CCC2)ncn1. The molecule has 0 aromatic carbocycles. The maximum atomic E-state index is 5.54. The molecule has 0 unspecified atom stereocenters. The fraction of sp³-hybridized carbons (Fsp3) is 0.600. The van der Waals surface area contributed by atoms with Crippen molar-refractivity contribution in [2.75, 3.05) is 17.6 Å². The quantitative estimate of drug-likeness (QED) is 0.761. The van der Waals surface area contributed by atoms with Crippen LogP contribution in [0, 0.1) is 5.92 Å². The molecule has 0 aliphatic heterocycles. The summed E-state index contributed by atoms with van der Waals surface area (Å²) in [5.74, 6) is 2.28. The summed E-state index contributed by atoms with van der Waals surface area (Å²) >= 11 is 0. The minimum absolute atomic E-state index is 0.520. The van der Waals surface area contributed by atoms with Crippen LogP contribution in [0.5, 0.6) is 0 Å². The van der Waals surface area contributed by atoms with Gasteiger partial charge in [-0.2, -0.15) is 0 Å². The van der Waals surface area contributed by atoms with Crippen LogP contribution in [-0.4, -0.2) is 16.5 Å². The van der Waals surface area contributed by atoms with Crippen LogP contribution in [0.3, 0.4) is 0 Å². The Morgan fingerprint density at radius 3 is 2.93 bits per heavy atom. The molecule has 1 aromatic rings. The van der Waals surface area contributed by atoms with E-state index in [1.807, 2.05) is 0 Å². The number of nitrogen functional groups attached to an aromatic ring is 1. The Hall–Kier alpha value is -1.32. The number of nitrogens with two attached hydrogens (primary N) is 1. The van der Waals surface area contributed by atoms with Gasteiger partial charge in [-0.25, -0.2) is 9.97 Å². The highest BCUT2D eigenvalue weighted by Crippen LogP contribution is 2.29. The number of hydrogen-bond donors (Lipinski definition) is 2. The van der Waals surface area contributed by atoms with Crippen molar-refractivity contribution in [3.05, 3.63) is 12.4 Å². The summed E-state index contributed by atoms with van der Waals surface area (Å²) < 4.78 is 0. The van der Waals surface area contributed by atoms with Crippen molar-refractivity contribution in [3.63, 3.8) is 0 Å². The third kappa shape index (κ3) is 2.34. The van der Waals surface area contributed by atoms with Crippen molar-refractivity contribution in [1.29, 1.82) is 0 Å². The third-order valence-corrected chi connectivity index (χ3v) is 2.77. The molecule has 2 rings (SSSR count). The second-order valence-electron chi connectivity index (χ2n) is 3.84. The lowest BCUT2D eigenvalue weighted by Crippen LogP contribution is -2.16. The summed E-state index contributed by atoms with van der Waals surface area (Å²) in [5.41, 5.74) is 5.54. The first kappa shape index (κ1) is 9.24. The molecule has 1 fully saturated rings. The Balaban J connectivity index is 1.74. The van der Waals surface area contributed by atoms with Gasteiger partial charge in [0.1, 0.15) is 18.0 Å². The average molecular weight is 192 g/mol. The van der Waals surface area contributed by atoms with Crippen LogP contribution in [0.25, 0.3) is 0 Å². The summed E-state index contributed by atoms with van der Waals surface area (Å²) in [6, 6.07) is 1.76. The zero-order valence-electron chi connectivity index (χ0n) is 8.24.